The van der Waals surface area contributed by atoms with Gasteiger partial charge >= 0.3 is 0 Å². The van der Waals surface area contributed by atoms with E-state index in [1.807, 2.05) is 29.7 Å². The Labute approximate surface area is 90.0 Å². The van der Waals surface area contributed by atoms with Gasteiger partial charge in [-0.25, -0.2) is 0 Å². The minimum atomic E-state index is 0.556. The summed E-state index contributed by atoms with van der Waals surface area (Å²) in [5, 5.41) is 10.3. The molecule has 0 radical (unpaired) electrons. The van der Waals surface area contributed by atoms with Gasteiger partial charge in [0.1, 0.15) is 11.2 Å². The number of hydrogen-bond acceptors (Lipinski definition) is 3. The lowest BCUT2D eigenvalue weighted by Gasteiger charge is -2.05. The number of benzene rings is 1. The van der Waals surface area contributed by atoms with Crippen LogP contribution in [-0.4, -0.2) is 12.4 Å². The Balaban J connectivity index is 2.37. The monoisotopic (exact) mass is 257 g/mol. The van der Waals surface area contributed by atoms with Crippen LogP contribution in [-0.2, 0) is 0 Å². The van der Waals surface area contributed by atoms with E-state index in [9.17, 15) is 0 Å². The van der Waals surface area contributed by atoms with Crippen LogP contribution in [0.2, 0.25) is 0 Å². The number of ether oxygens (including phenoxy) is 1. The molecule has 0 heterocycles. The van der Waals surface area contributed by atoms with Crippen molar-refractivity contribution in [3.8, 4) is 11.2 Å². The summed E-state index contributed by atoms with van der Waals surface area (Å²) < 4.78 is 6.36. The van der Waals surface area contributed by atoms with Gasteiger partial charge in [-0.15, -0.1) is 0 Å². The maximum Gasteiger partial charge on any atom is 0.133 e. The average Bonchev–Trinajstić information content (AvgIpc) is 2.15. The molecule has 1 aromatic rings. The first kappa shape index (κ1) is 10.4. The molecule has 1 rings (SSSR count). The van der Waals surface area contributed by atoms with Crippen molar-refractivity contribution < 1.29 is 4.74 Å². The van der Waals surface area contributed by atoms with Crippen LogP contribution in [0.3, 0.4) is 0 Å². The highest BCUT2D eigenvalue weighted by Crippen LogP contribution is 2.23. The number of thiocyanates is 1. The molecule has 0 aliphatic heterocycles. The first-order valence-corrected chi connectivity index (χ1v) is 5.50. The first-order chi connectivity index (χ1) is 6.34. The SMILES string of the molecule is N#CSCCOc1ccccc1Br. The van der Waals surface area contributed by atoms with E-state index in [4.69, 9.17) is 10.00 Å². The quantitative estimate of drug-likeness (QED) is 0.614. The van der Waals surface area contributed by atoms with Crippen LogP contribution in [0.1, 0.15) is 0 Å². The van der Waals surface area contributed by atoms with Crippen molar-refractivity contribution in [2.75, 3.05) is 12.4 Å². The maximum atomic E-state index is 8.27. The molecule has 1 aromatic carbocycles. The lowest BCUT2D eigenvalue weighted by molar-refractivity contribution is 0.342. The summed E-state index contributed by atoms with van der Waals surface area (Å²) in [6.45, 7) is 0.556. The first-order valence-electron chi connectivity index (χ1n) is 3.73. The number of nitrogens with zero attached hydrogens (tertiary/aromatic N) is 1. The molecule has 0 bridgehead atoms. The highest BCUT2D eigenvalue weighted by Gasteiger charge is 1.97. The van der Waals surface area contributed by atoms with Gasteiger partial charge in [0.05, 0.1) is 11.1 Å². The number of para-hydroxylation sites is 1. The Hall–Kier alpha value is -0.660. The van der Waals surface area contributed by atoms with Gasteiger partial charge in [0.15, 0.2) is 0 Å². The van der Waals surface area contributed by atoms with Gasteiger partial charge in [-0.05, 0) is 39.8 Å². The van der Waals surface area contributed by atoms with E-state index >= 15 is 0 Å². The second-order valence-electron chi connectivity index (χ2n) is 2.22. The third-order valence-corrected chi connectivity index (χ3v) is 2.50. The molecule has 0 aliphatic rings. The molecular formula is C9H8BrNOS. The number of halogens is 1. The van der Waals surface area contributed by atoms with Gasteiger partial charge < -0.3 is 4.74 Å². The molecule has 0 unspecified atom stereocenters. The fraction of sp³-hybridized carbons (Fsp3) is 0.222. The van der Waals surface area contributed by atoms with Gasteiger partial charge in [-0.1, -0.05) is 12.1 Å². The van der Waals surface area contributed by atoms with Crippen LogP contribution in [0.15, 0.2) is 28.7 Å². The molecular weight excluding hydrogens is 250 g/mol. The average molecular weight is 258 g/mol. The van der Waals surface area contributed by atoms with Gasteiger partial charge in [0.2, 0.25) is 0 Å². The fourth-order valence-corrected chi connectivity index (χ4v) is 1.46. The number of thioether (sulfide) groups is 1. The van der Waals surface area contributed by atoms with E-state index in [-0.39, 0.29) is 0 Å². The van der Waals surface area contributed by atoms with Crippen molar-refractivity contribution in [1.82, 2.24) is 0 Å². The summed E-state index contributed by atoms with van der Waals surface area (Å²) in [6.07, 6.45) is 0. The van der Waals surface area contributed by atoms with Crippen LogP contribution in [0.5, 0.6) is 5.75 Å². The third-order valence-electron chi connectivity index (χ3n) is 1.34. The standard InChI is InChI=1S/C9H8BrNOS/c10-8-3-1-2-4-9(8)12-5-6-13-7-11/h1-4H,5-6H2. The molecule has 0 aliphatic carbocycles. The van der Waals surface area contributed by atoms with Crippen LogP contribution in [0.25, 0.3) is 0 Å². The molecule has 13 heavy (non-hydrogen) atoms. The Morgan fingerprint density at radius 1 is 1.46 bits per heavy atom. The van der Waals surface area contributed by atoms with E-state index in [1.54, 1.807) is 0 Å². The van der Waals surface area contributed by atoms with Crippen molar-refractivity contribution in [2.45, 2.75) is 0 Å². The van der Waals surface area contributed by atoms with Crippen molar-refractivity contribution in [3.05, 3.63) is 28.7 Å². The van der Waals surface area contributed by atoms with Gasteiger partial charge in [0, 0.05) is 5.75 Å². The zero-order valence-electron chi connectivity index (χ0n) is 6.87. The summed E-state index contributed by atoms with van der Waals surface area (Å²) in [7, 11) is 0. The highest BCUT2D eigenvalue weighted by molar-refractivity contribution is 9.10. The molecule has 0 aromatic heterocycles. The maximum absolute atomic E-state index is 8.27. The molecule has 0 saturated carbocycles. The molecule has 0 saturated heterocycles. The predicted octanol–water partition coefficient (Wildman–Crippen LogP) is 3.04. The van der Waals surface area contributed by atoms with E-state index in [1.165, 1.54) is 11.8 Å². The molecule has 0 atom stereocenters. The molecule has 0 amide bonds. The van der Waals surface area contributed by atoms with Crippen LogP contribution >= 0.6 is 27.7 Å². The zero-order valence-corrected chi connectivity index (χ0v) is 9.27. The molecule has 2 nitrogen and oxygen atoms in total. The summed E-state index contributed by atoms with van der Waals surface area (Å²) >= 11 is 4.57. The minimum Gasteiger partial charge on any atom is -0.492 e. The smallest absolute Gasteiger partial charge is 0.133 e. The van der Waals surface area contributed by atoms with E-state index in [0.29, 0.717) is 12.4 Å². The molecule has 4 heteroatoms. The van der Waals surface area contributed by atoms with Crippen molar-refractivity contribution in [1.29, 1.82) is 5.26 Å². The van der Waals surface area contributed by atoms with Crippen LogP contribution in [0.4, 0.5) is 0 Å². The lowest BCUT2D eigenvalue weighted by atomic mass is 10.3. The molecule has 68 valence electrons. The Kier molecular flexibility index (Phi) is 4.73. The fourth-order valence-electron chi connectivity index (χ4n) is 0.801. The largest absolute Gasteiger partial charge is 0.492 e. The van der Waals surface area contributed by atoms with Gasteiger partial charge in [-0.2, -0.15) is 5.26 Å². The second-order valence-corrected chi connectivity index (χ2v) is 3.95. The third kappa shape index (κ3) is 3.71. The molecule has 0 spiro atoms. The minimum absolute atomic E-state index is 0.556. The second kappa shape index (κ2) is 5.90. The van der Waals surface area contributed by atoms with Gasteiger partial charge in [0.25, 0.3) is 0 Å². The van der Waals surface area contributed by atoms with Gasteiger partial charge in [-0.3, -0.25) is 0 Å². The van der Waals surface area contributed by atoms with Crippen LogP contribution < -0.4 is 4.74 Å². The Bertz CT molecular complexity index is 311. The summed E-state index contributed by atoms with van der Waals surface area (Å²) in [6, 6.07) is 7.66. The zero-order chi connectivity index (χ0) is 9.52. The number of nitriles is 1. The normalized spacial score (nSPS) is 9.23. The van der Waals surface area contributed by atoms with Crippen molar-refractivity contribution in [2.24, 2.45) is 0 Å². The van der Waals surface area contributed by atoms with E-state index in [0.717, 1.165) is 10.2 Å². The van der Waals surface area contributed by atoms with Crippen LogP contribution in [0, 0.1) is 10.7 Å². The summed E-state index contributed by atoms with van der Waals surface area (Å²) in [5.41, 5.74) is 0. The van der Waals surface area contributed by atoms with E-state index < -0.39 is 0 Å². The number of rotatable bonds is 4. The summed E-state index contributed by atoms with van der Waals surface area (Å²) in [4.78, 5) is 0. The van der Waals surface area contributed by atoms with E-state index in [2.05, 4.69) is 15.9 Å². The molecule has 0 fully saturated rings. The topological polar surface area (TPSA) is 33.0 Å². The Morgan fingerprint density at radius 3 is 2.92 bits per heavy atom. The number of hydrogen-bond donors (Lipinski definition) is 0. The lowest BCUT2D eigenvalue weighted by Crippen LogP contribution is -1.99. The van der Waals surface area contributed by atoms with Crippen molar-refractivity contribution >= 4 is 27.7 Å². The van der Waals surface area contributed by atoms with Crippen molar-refractivity contribution in [3.63, 3.8) is 0 Å². The molecule has 0 N–H and O–H groups in total. The highest BCUT2D eigenvalue weighted by atomic mass is 79.9. The summed E-state index contributed by atoms with van der Waals surface area (Å²) in [5.74, 6) is 1.51. The predicted molar refractivity (Wildman–Crippen MR) is 57.7 cm³/mol. The Morgan fingerprint density at radius 2 is 2.23 bits per heavy atom.